The molecule has 0 saturated carbocycles. The van der Waals surface area contributed by atoms with Gasteiger partial charge in [0.05, 0.1) is 19.1 Å². The molecule has 0 saturated heterocycles. The van der Waals surface area contributed by atoms with Gasteiger partial charge in [-0.25, -0.2) is 4.79 Å². The van der Waals surface area contributed by atoms with Crippen LogP contribution in [-0.2, 0) is 28.8 Å². The lowest BCUT2D eigenvalue weighted by molar-refractivity contribution is -0.142. The van der Waals surface area contributed by atoms with Gasteiger partial charge in [0.2, 0.25) is 29.5 Å². The standard InChI is InChI=1S/C24H45N7O7S2/c1-4-14(2)20(23(36)30-16(24(37)38)8-10-40-3)31-22(35)17(13-39)29-19(33)12-27-18(32)11-28-21(34)15(26)7-5-6-9-25/h14-17,20,39H,4-13,25-26H2,1-3H3,(H,27,32)(H,28,34)(H,29,33)(H,30,36)(H,31,35)(H,37,38)/t14-,15-,16-,17-,20-/m0/s1. The van der Waals surface area contributed by atoms with Crippen LogP contribution in [0.1, 0.15) is 46.0 Å². The van der Waals surface area contributed by atoms with E-state index in [1.165, 1.54) is 11.8 Å². The molecular weight excluding hydrogens is 562 g/mol. The number of aliphatic carboxylic acids is 1. The van der Waals surface area contributed by atoms with E-state index in [-0.39, 0.29) is 24.6 Å². The van der Waals surface area contributed by atoms with Crippen LogP contribution in [-0.4, -0.2) is 102 Å². The van der Waals surface area contributed by atoms with Gasteiger partial charge in [-0.05, 0) is 43.7 Å². The van der Waals surface area contributed by atoms with Crippen molar-refractivity contribution in [1.82, 2.24) is 26.6 Å². The van der Waals surface area contributed by atoms with Crippen molar-refractivity contribution in [1.29, 1.82) is 0 Å². The van der Waals surface area contributed by atoms with Gasteiger partial charge in [-0.2, -0.15) is 24.4 Å². The molecule has 40 heavy (non-hydrogen) atoms. The quantitative estimate of drug-likeness (QED) is 0.0511. The molecule has 0 aliphatic carbocycles. The van der Waals surface area contributed by atoms with E-state index < -0.39 is 66.2 Å². The first-order valence-electron chi connectivity index (χ1n) is 13.1. The zero-order valence-electron chi connectivity index (χ0n) is 23.4. The van der Waals surface area contributed by atoms with Gasteiger partial charge in [0.15, 0.2) is 0 Å². The Hall–Kier alpha value is -2.56. The number of carboxylic acid groups (broad SMARTS) is 1. The number of nitrogens with one attached hydrogen (secondary N) is 5. The summed E-state index contributed by atoms with van der Waals surface area (Å²) in [5.41, 5.74) is 11.2. The maximum atomic E-state index is 12.9. The maximum Gasteiger partial charge on any atom is 0.326 e. The number of nitrogens with two attached hydrogens (primary N) is 2. The monoisotopic (exact) mass is 607 g/mol. The molecule has 0 fully saturated rings. The molecule has 14 nitrogen and oxygen atoms in total. The molecule has 5 atom stereocenters. The maximum absolute atomic E-state index is 12.9. The fourth-order valence-electron chi connectivity index (χ4n) is 3.33. The molecule has 0 radical (unpaired) electrons. The van der Waals surface area contributed by atoms with Crippen LogP contribution < -0.4 is 38.1 Å². The highest BCUT2D eigenvalue weighted by atomic mass is 32.2. The van der Waals surface area contributed by atoms with E-state index in [0.717, 1.165) is 6.42 Å². The molecule has 10 N–H and O–H groups in total. The van der Waals surface area contributed by atoms with Crippen molar-refractivity contribution in [2.24, 2.45) is 17.4 Å². The predicted octanol–water partition coefficient (Wildman–Crippen LogP) is -2.06. The molecule has 0 aromatic rings. The summed E-state index contributed by atoms with van der Waals surface area (Å²) in [4.78, 5) is 73.6. The first-order chi connectivity index (χ1) is 18.9. The predicted molar refractivity (Wildman–Crippen MR) is 157 cm³/mol. The Morgan fingerprint density at radius 3 is 2.08 bits per heavy atom. The SMILES string of the molecule is CC[C@H](C)[C@H](NC(=O)[C@H](CS)NC(=O)CNC(=O)CNC(=O)[C@@H](N)CCCCN)C(=O)N[C@@H](CCSC)C(=O)O. The number of carboxylic acids is 1. The highest BCUT2D eigenvalue weighted by Gasteiger charge is 2.31. The van der Waals surface area contributed by atoms with E-state index in [1.54, 1.807) is 6.92 Å². The van der Waals surface area contributed by atoms with Gasteiger partial charge in [-0.3, -0.25) is 24.0 Å². The number of thiol groups is 1. The third-order valence-corrected chi connectivity index (χ3v) is 7.04. The highest BCUT2D eigenvalue weighted by molar-refractivity contribution is 7.98. The zero-order chi connectivity index (χ0) is 30.7. The van der Waals surface area contributed by atoms with Gasteiger partial charge in [-0.1, -0.05) is 26.7 Å². The lowest BCUT2D eigenvalue weighted by Gasteiger charge is -2.27. The summed E-state index contributed by atoms with van der Waals surface area (Å²) < 4.78 is 0. The van der Waals surface area contributed by atoms with Crippen LogP contribution in [0.5, 0.6) is 0 Å². The number of unbranched alkanes of at least 4 members (excludes halogenated alkanes) is 1. The molecule has 0 rings (SSSR count). The minimum Gasteiger partial charge on any atom is -0.480 e. The molecule has 0 unspecified atom stereocenters. The van der Waals surface area contributed by atoms with Gasteiger partial charge < -0.3 is 43.2 Å². The Morgan fingerprint density at radius 1 is 0.875 bits per heavy atom. The summed E-state index contributed by atoms with van der Waals surface area (Å²) in [6, 6.07) is -4.06. The Morgan fingerprint density at radius 2 is 1.52 bits per heavy atom. The zero-order valence-corrected chi connectivity index (χ0v) is 25.1. The molecule has 0 bridgehead atoms. The molecular formula is C24H45N7O7S2. The van der Waals surface area contributed by atoms with Crippen LogP contribution in [0.4, 0.5) is 0 Å². The summed E-state index contributed by atoms with van der Waals surface area (Å²) >= 11 is 5.55. The van der Waals surface area contributed by atoms with Gasteiger partial charge in [0.25, 0.3) is 0 Å². The Balaban J connectivity index is 4.91. The van der Waals surface area contributed by atoms with Crippen molar-refractivity contribution in [3.8, 4) is 0 Å². The summed E-state index contributed by atoms with van der Waals surface area (Å²) in [7, 11) is 0. The van der Waals surface area contributed by atoms with Gasteiger partial charge in [-0.15, -0.1) is 0 Å². The van der Waals surface area contributed by atoms with E-state index >= 15 is 0 Å². The first-order valence-corrected chi connectivity index (χ1v) is 15.2. The minimum atomic E-state index is -1.18. The molecule has 0 aliphatic rings. The van der Waals surface area contributed by atoms with Crippen LogP contribution >= 0.6 is 24.4 Å². The second-order valence-electron chi connectivity index (χ2n) is 9.24. The first kappa shape index (κ1) is 37.4. The molecule has 0 aliphatic heterocycles. The number of rotatable bonds is 21. The average molecular weight is 608 g/mol. The largest absolute Gasteiger partial charge is 0.480 e. The molecule has 16 heteroatoms. The minimum absolute atomic E-state index is 0.107. The third-order valence-electron chi connectivity index (χ3n) is 6.03. The number of carbonyl (C=O) groups is 6. The smallest absolute Gasteiger partial charge is 0.326 e. The van der Waals surface area contributed by atoms with Crippen molar-refractivity contribution >= 4 is 59.9 Å². The number of carbonyl (C=O) groups excluding carboxylic acids is 5. The number of hydrogen-bond acceptors (Lipinski definition) is 10. The van der Waals surface area contributed by atoms with E-state index in [2.05, 4.69) is 39.2 Å². The van der Waals surface area contributed by atoms with Crippen LogP contribution in [0.3, 0.4) is 0 Å². The Bertz CT molecular complexity index is 850. The normalized spacial score (nSPS) is 14.6. The third kappa shape index (κ3) is 15.3. The molecule has 5 amide bonds. The van der Waals surface area contributed by atoms with Crippen molar-refractivity contribution in [3.05, 3.63) is 0 Å². The molecule has 0 heterocycles. The highest BCUT2D eigenvalue weighted by Crippen LogP contribution is 2.10. The van der Waals surface area contributed by atoms with Crippen LogP contribution in [0.15, 0.2) is 0 Å². The van der Waals surface area contributed by atoms with Crippen molar-refractivity contribution in [2.75, 3.05) is 37.4 Å². The Kier molecular flexibility index (Phi) is 19.9. The van der Waals surface area contributed by atoms with Crippen molar-refractivity contribution in [3.63, 3.8) is 0 Å². The Labute approximate surface area is 245 Å². The lowest BCUT2D eigenvalue weighted by Crippen LogP contribution is -2.58. The van der Waals surface area contributed by atoms with E-state index in [4.69, 9.17) is 11.5 Å². The van der Waals surface area contributed by atoms with E-state index in [0.29, 0.717) is 31.6 Å². The van der Waals surface area contributed by atoms with Gasteiger partial charge in [0, 0.05) is 5.75 Å². The van der Waals surface area contributed by atoms with Crippen LogP contribution in [0, 0.1) is 5.92 Å². The van der Waals surface area contributed by atoms with E-state index in [1.807, 2.05) is 13.2 Å². The van der Waals surface area contributed by atoms with Crippen molar-refractivity contribution < 1.29 is 33.9 Å². The van der Waals surface area contributed by atoms with E-state index in [9.17, 15) is 33.9 Å². The van der Waals surface area contributed by atoms with Crippen LogP contribution in [0.2, 0.25) is 0 Å². The fourth-order valence-corrected chi connectivity index (χ4v) is 4.06. The second kappa shape index (κ2) is 21.2. The lowest BCUT2D eigenvalue weighted by atomic mass is 9.97. The topological polar surface area (TPSA) is 235 Å². The summed E-state index contributed by atoms with van der Waals surface area (Å²) in [5, 5.41) is 21.6. The number of amides is 5. The summed E-state index contributed by atoms with van der Waals surface area (Å²) in [6.45, 7) is 3.19. The fraction of sp³-hybridized carbons (Fsp3) is 0.750. The number of thioether (sulfide) groups is 1. The van der Waals surface area contributed by atoms with Gasteiger partial charge >= 0.3 is 5.97 Å². The molecule has 0 spiro atoms. The van der Waals surface area contributed by atoms with Gasteiger partial charge in [0.1, 0.15) is 18.1 Å². The average Bonchev–Trinajstić information content (AvgIpc) is 2.93. The molecule has 230 valence electrons. The summed E-state index contributed by atoms with van der Waals surface area (Å²) in [6.07, 6.45) is 4.40. The van der Waals surface area contributed by atoms with Crippen molar-refractivity contribution in [2.45, 2.75) is 70.1 Å². The molecule has 0 aromatic heterocycles. The van der Waals surface area contributed by atoms with Crippen LogP contribution in [0.25, 0.3) is 0 Å². The number of hydrogen-bond donors (Lipinski definition) is 9. The molecule has 0 aromatic carbocycles. The summed E-state index contributed by atoms with van der Waals surface area (Å²) in [5.74, 6) is -4.26. The second-order valence-corrected chi connectivity index (χ2v) is 10.6.